The average molecular weight is 810 g/mol. The normalized spacial score (nSPS) is 14.8. The molecule has 0 bridgehead atoms. The molecule has 0 saturated carbocycles. The van der Waals surface area contributed by atoms with Crippen molar-refractivity contribution < 1.29 is 8.83 Å². The minimum atomic E-state index is 0.275. The highest BCUT2D eigenvalue weighted by Gasteiger charge is 2.21. The summed E-state index contributed by atoms with van der Waals surface area (Å²) in [6.07, 6.45) is 12.1. The van der Waals surface area contributed by atoms with E-state index in [4.69, 9.17) is 8.83 Å². The predicted molar refractivity (Wildman–Crippen MR) is 262 cm³/mol. The molecule has 63 heavy (non-hydrogen) atoms. The molecule has 8 aromatic carbocycles. The Balaban J connectivity index is 0.917. The summed E-state index contributed by atoms with van der Waals surface area (Å²) < 4.78 is 12.3. The lowest BCUT2D eigenvalue weighted by molar-refractivity contribution is 0.570. The van der Waals surface area contributed by atoms with Crippen LogP contribution in [0.3, 0.4) is 0 Å². The highest BCUT2D eigenvalue weighted by molar-refractivity contribution is 6.06. The summed E-state index contributed by atoms with van der Waals surface area (Å²) in [4.78, 5) is 2.45. The Kier molecular flexibility index (Phi) is 9.11. The Morgan fingerprint density at radius 3 is 1.67 bits per heavy atom. The van der Waals surface area contributed by atoms with Crippen LogP contribution < -0.4 is 15.5 Å². The van der Waals surface area contributed by atoms with Crippen molar-refractivity contribution in [3.8, 4) is 33.4 Å². The van der Waals surface area contributed by atoms with Crippen LogP contribution in [0.15, 0.2) is 221 Å². The highest BCUT2D eigenvalue weighted by atomic mass is 16.3. The van der Waals surface area contributed by atoms with Crippen molar-refractivity contribution in [3.05, 3.63) is 234 Å². The summed E-state index contributed by atoms with van der Waals surface area (Å²) in [5.41, 5.74) is 18.5. The van der Waals surface area contributed by atoms with Gasteiger partial charge in [-0.05, 0) is 148 Å². The van der Waals surface area contributed by atoms with E-state index in [2.05, 4.69) is 205 Å². The van der Waals surface area contributed by atoms with Crippen molar-refractivity contribution in [1.82, 2.24) is 0 Å². The lowest BCUT2D eigenvalue weighted by atomic mass is 9.89. The maximum atomic E-state index is 6.19. The molecule has 2 aliphatic carbocycles. The molecule has 10 aromatic rings. The monoisotopic (exact) mass is 809 g/mol. The molecular weight excluding hydrogens is 767 g/mol. The predicted octanol–water partition coefficient (Wildman–Crippen LogP) is 15.0. The second-order valence-electron chi connectivity index (χ2n) is 16.8. The van der Waals surface area contributed by atoms with Gasteiger partial charge >= 0.3 is 0 Å². The molecule has 2 aromatic heterocycles. The number of para-hydroxylation sites is 2. The van der Waals surface area contributed by atoms with Crippen LogP contribution in [0.25, 0.3) is 84.0 Å². The second kappa shape index (κ2) is 15.5. The summed E-state index contributed by atoms with van der Waals surface area (Å²) >= 11 is 0. The first-order valence-electron chi connectivity index (χ1n) is 22.0. The van der Waals surface area contributed by atoms with Gasteiger partial charge in [0.2, 0.25) is 0 Å². The minimum absolute atomic E-state index is 0.275. The molecule has 2 aliphatic rings. The van der Waals surface area contributed by atoms with Gasteiger partial charge in [0.25, 0.3) is 0 Å². The molecule has 0 aliphatic heterocycles. The van der Waals surface area contributed by atoms with Gasteiger partial charge in [0.1, 0.15) is 22.2 Å². The zero-order valence-corrected chi connectivity index (χ0v) is 34.7. The first kappa shape index (κ1) is 36.9. The molecule has 3 nitrogen and oxygen atoms in total. The third kappa shape index (κ3) is 6.89. The Morgan fingerprint density at radius 2 is 0.984 bits per heavy atom. The van der Waals surface area contributed by atoms with Crippen LogP contribution in [0.2, 0.25) is 0 Å². The van der Waals surface area contributed by atoms with E-state index in [0.29, 0.717) is 0 Å². The zero-order chi connectivity index (χ0) is 41.7. The average Bonchev–Trinajstić information content (AvgIpc) is 3.93. The third-order valence-electron chi connectivity index (χ3n) is 12.9. The summed E-state index contributed by atoms with van der Waals surface area (Å²) in [5.74, 6) is 0.275. The van der Waals surface area contributed by atoms with E-state index in [1.165, 1.54) is 66.4 Å². The molecule has 12 rings (SSSR count). The van der Waals surface area contributed by atoms with E-state index in [1.807, 2.05) is 18.2 Å². The van der Waals surface area contributed by atoms with Gasteiger partial charge in [0.05, 0.1) is 0 Å². The summed E-state index contributed by atoms with van der Waals surface area (Å²) in [6.45, 7) is 0. The van der Waals surface area contributed by atoms with Crippen LogP contribution in [0.1, 0.15) is 36.3 Å². The molecule has 1 atom stereocenters. The number of furan rings is 2. The van der Waals surface area contributed by atoms with Gasteiger partial charge in [-0.3, -0.25) is 0 Å². The minimum Gasteiger partial charge on any atom is -0.456 e. The summed E-state index contributed by atoms with van der Waals surface area (Å²) in [5, 5.41) is 4.66. The standard InChI is InChI=1S/C60H43NO2/c1-3-11-40(12-4-1)47-35-48(41-13-5-2-6-14-41)37-49(36-47)44-23-31-52(32-24-44)61(50-27-19-42(20-28-50)45-25-33-59-55(38-45)53-15-7-9-17-57(53)62-59)51-29-21-43(22-30-51)46-26-34-60-56(39-46)54-16-8-10-18-58(54)63-60/h1-23,25,27-31,33-39,46H,24,26,32H2. The third-order valence-corrected chi connectivity index (χ3v) is 12.9. The maximum absolute atomic E-state index is 6.19. The Bertz CT molecular complexity index is 3460. The smallest absolute Gasteiger partial charge is 0.135 e. The maximum Gasteiger partial charge on any atom is 0.135 e. The van der Waals surface area contributed by atoms with Crippen molar-refractivity contribution in [2.24, 2.45) is 0 Å². The summed E-state index contributed by atoms with van der Waals surface area (Å²) in [6, 6.07) is 69.9. The first-order chi connectivity index (χ1) is 31.2. The van der Waals surface area contributed by atoms with Gasteiger partial charge in [-0.15, -0.1) is 0 Å². The SMILES string of the molecule is C1=C(c2cc(-c3ccccc3)cc(-c3ccccc3)c2)CCC(N(c2ccc(-c3ccc4oc5ccccc5c4c3)cc2)c2ccc(C3C=c4c(oc5ccccc45)=CC3)cc2)=C1. The molecule has 0 radical (unpaired) electrons. The van der Waals surface area contributed by atoms with Crippen LogP contribution in [-0.4, -0.2) is 0 Å². The van der Waals surface area contributed by atoms with E-state index in [1.54, 1.807) is 0 Å². The van der Waals surface area contributed by atoms with Crippen molar-refractivity contribution in [3.63, 3.8) is 0 Å². The summed E-state index contributed by atoms with van der Waals surface area (Å²) in [7, 11) is 0. The van der Waals surface area contributed by atoms with E-state index < -0.39 is 0 Å². The van der Waals surface area contributed by atoms with Crippen LogP contribution in [-0.2, 0) is 0 Å². The van der Waals surface area contributed by atoms with Crippen LogP contribution in [0, 0.1) is 0 Å². The van der Waals surface area contributed by atoms with Gasteiger partial charge in [-0.2, -0.15) is 0 Å². The van der Waals surface area contributed by atoms with Crippen molar-refractivity contribution in [1.29, 1.82) is 0 Å². The molecule has 0 spiro atoms. The second-order valence-corrected chi connectivity index (χ2v) is 16.8. The number of hydrogen-bond acceptors (Lipinski definition) is 3. The quantitative estimate of drug-likeness (QED) is 0.153. The Labute approximate surface area is 366 Å². The lowest BCUT2D eigenvalue weighted by Gasteiger charge is -2.30. The fraction of sp³-hybridized carbons (Fsp3) is 0.0667. The van der Waals surface area contributed by atoms with Crippen LogP contribution in [0.4, 0.5) is 11.4 Å². The van der Waals surface area contributed by atoms with Crippen molar-refractivity contribution in [2.75, 3.05) is 4.90 Å². The molecule has 0 amide bonds. The topological polar surface area (TPSA) is 29.5 Å². The van der Waals surface area contributed by atoms with E-state index >= 15 is 0 Å². The number of anilines is 2. The Hall–Kier alpha value is -7.88. The number of rotatable bonds is 8. The van der Waals surface area contributed by atoms with Gasteiger partial charge in [-0.25, -0.2) is 0 Å². The molecule has 0 fully saturated rings. The van der Waals surface area contributed by atoms with Crippen LogP contribution in [0.5, 0.6) is 0 Å². The molecule has 300 valence electrons. The fourth-order valence-corrected chi connectivity index (χ4v) is 9.66. The van der Waals surface area contributed by atoms with Gasteiger partial charge < -0.3 is 13.7 Å². The fourth-order valence-electron chi connectivity index (χ4n) is 9.66. The Morgan fingerprint density at radius 1 is 0.413 bits per heavy atom. The number of fused-ring (bicyclic) bond motifs is 6. The molecule has 3 heteroatoms. The number of benzene rings is 8. The number of hydrogen-bond donors (Lipinski definition) is 0. The number of allylic oxidation sites excluding steroid dienone is 4. The van der Waals surface area contributed by atoms with E-state index in [9.17, 15) is 0 Å². The first-order valence-corrected chi connectivity index (χ1v) is 22.0. The van der Waals surface area contributed by atoms with E-state index in [0.717, 1.165) is 63.6 Å². The molecule has 0 saturated heterocycles. The molecule has 0 N–H and O–H groups in total. The largest absolute Gasteiger partial charge is 0.456 e. The van der Waals surface area contributed by atoms with Gasteiger partial charge in [0, 0.05) is 44.4 Å². The van der Waals surface area contributed by atoms with Crippen molar-refractivity contribution >= 4 is 62.0 Å². The molecule has 1 unspecified atom stereocenters. The number of nitrogens with zero attached hydrogens (tertiary/aromatic N) is 1. The van der Waals surface area contributed by atoms with E-state index in [-0.39, 0.29) is 5.92 Å². The lowest BCUT2D eigenvalue weighted by Crippen LogP contribution is -2.25. The molecule has 2 heterocycles. The van der Waals surface area contributed by atoms with Crippen molar-refractivity contribution in [2.45, 2.75) is 25.2 Å². The van der Waals surface area contributed by atoms with Crippen LogP contribution >= 0.6 is 0 Å². The highest BCUT2D eigenvalue weighted by Crippen LogP contribution is 2.40. The molecular formula is C60H43NO2. The van der Waals surface area contributed by atoms with Gasteiger partial charge in [-0.1, -0.05) is 140 Å². The zero-order valence-electron chi connectivity index (χ0n) is 34.7. The van der Waals surface area contributed by atoms with Gasteiger partial charge in [0.15, 0.2) is 0 Å².